The monoisotopic (exact) mass is 428 g/mol. The molecule has 1 unspecified atom stereocenters. The molecule has 1 fully saturated rings. The predicted octanol–water partition coefficient (Wildman–Crippen LogP) is 2.94. The summed E-state index contributed by atoms with van der Waals surface area (Å²) in [6, 6.07) is 21.3. The molecule has 1 atom stereocenters. The van der Waals surface area contributed by atoms with Crippen molar-refractivity contribution in [1.29, 1.82) is 0 Å². The van der Waals surface area contributed by atoms with Crippen LogP contribution in [0.2, 0.25) is 0 Å². The van der Waals surface area contributed by atoms with Crippen molar-refractivity contribution >= 4 is 17.9 Å². The lowest BCUT2D eigenvalue weighted by Gasteiger charge is -2.36. The van der Waals surface area contributed by atoms with Gasteiger partial charge in [-0.05, 0) is 23.6 Å². The average molecular weight is 429 g/mol. The number of aldehydes is 1. The smallest absolute Gasteiger partial charge is 0.254 e. The normalized spacial score (nSPS) is 15.2. The van der Waals surface area contributed by atoms with Crippen LogP contribution in [0.25, 0.3) is 0 Å². The maximum Gasteiger partial charge on any atom is 0.254 e. The Balaban J connectivity index is 1.39. The average Bonchev–Trinajstić information content (AvgIpc) is 2.85. The molecule has 0 aliphatic carbocycles. The molecule has 0 bridgehead atoms. The molecule has 1 amide bonds. The van der Waals surface area contributed by atoms with E-state index < -0.39 is 6.04 Å². The van der Waals surface area contributed by atoms with Crippen LogP contribution < -0.4 is 10.2 Å². The molecular weight excluding hydrogens is 400 g/mol. The maximum absolute atomic E-state index is 13.0. The number of nitrogens with one attached hydrogen (secondary N) is 1. The Kier molecular flexibility index (Phi) is 7.25. The fraction of sp³-hybridized carbons (Fsp3) is 0.269. The van der Waals surface area contributed by atoms with E-state index in [9.17, 15) is 9.59 Å². The van der Waals surface area contributed by atoms with Crippen molar-refractivity contribution in [2.75, 3.05) is 31.1 Å². The van der Waals surface area contributed by atoms with E-state index in [0.717, 1.165) is 50.3 Å². The first-order valence-electron chi connectivity index (χ1n) is 11.0. The molecule has 3 aromatic rings. The van der Waals surface area contributed by atoms with Crippen LogP contribution in [0.15, 0.2) is 79.1 Å². The molecule has 6 nitrogen and oxygen atoms in total. The zero-order valence-corrected chi connectivity index (χ0v) is 18.1. The number of carbonyl (C=O) groups excluding carboxylic acids is 2. The zero-order valence-electron chi connectivity index (χ0n) is 18.1. The first kappa shape index (κ1) is 21.7. The zero-order chi connectivity index (χ0) is 22.2. The minimum absolute atomic E-state index is 0.248. The number of aromatic nitrogens is 1. The molecule has 0 spiro atoms. The third-order valence-electron chi connectivity index (χ3n) is 5.79. The summed E-state index contributed by atoms with van der Waals surface area (Å²) >= 11 is 0. The molecule has 1 aromatic heterocycles. The van der Waals surface area contributed by atoms with E-state index >= 15 is 0 Å². The summed E-state index contributed by atoms with van der Waals surface area (Å²) in [4.78, 5) is 33.5. The van der Waals surface area contributed by atoms with Gasteiger partial charge >= 0.3 is 0 Å². The first-order chi connectivity index (χ1) is 15.7. The van der Waals surface area contributed by atoms with Crippen molar-refractivity contribution in [3.05, 3.63) is 95.8 Å². The molecule has 164 valence electrons. The summed E-state index contributed by atoms with van der Waals surface area (Å²) in [6.45, 7) is 4.39. The summed E-state index contributed by atoms with van der Waals surface area (Å²) in [6.07, 6.45) is 4.63. The number of rotatable bonds is 8. The molecule has 4 rings (SSSR count). The van der Waals surface area contributed by atoms with Gasteiger partial charge in [0, 0.05) is 38.9 Å². The van der Waals surface area contributed by atoms with Crippen molar-refractivity contribution in [3.8, 4) is 0 Å². The van der Waals surface area contributed by atoms with Gasteiger partial charge in [-0.15, -0.1) is 0 Å². The lowest BCUT2D eigenvalue weighted by molar-refractivity contribution is -0.109. The van der Waals surface area contributed by atoms with Crippen molar-refractivity contribution in [2.45, 2.75) is 19.0 Å². The number of hydrogen-bond acceptors (Lipinski definition) is 5. The topological polar surface area (TPSA) is 65.5 Å². The molecule has 6 heteroatoms. The van der Waals surface area contributed by atoms with Crippen LogP contribution in [-0.2, 0) is 17.8 Å². The summed E-state index contributed by atoms with van der Waals surface area (Å²) in [5.74, 6) is -0.248. The molecule has 0 saturated carbocycles. The van der Waals surface area contributed by atoms with Crippen LogP contribution in [0.4, 0.5) is 5.69 Å². The van der Waals surface area contributed by atoms with Crippen LogP contribution in [0.1, 0.15) is 21.5 Å². The lowest BCUT2D eigenvalue weighted by atomic mass is 10.1. The maximum atomic E-state index is 13.0. The number of amides is 1. The van der Waals surface area contributed by atoms with E-state index in [1.54, 1.807) is 18.5 Å². The Morgan fingerprint density at radius 1 is 0.938 bits per heavy atom. The van der Waals surface area contributed by atoms with Gasteiger partial charge in [0.2, 0.25) is 0 Å². The Morgan fingerprint density at radius 2 is 1.59 bits per heavy atom. The number of benzene rings is 2. The van der Waals surface area contributed by atoms with Gasteiger partial charge < -0.3 is 15.0 Å². The fourth-order valence-electron chi connectivity index (χ4n) is 4.07. The van der Waals surface area contributed by atoms with Gasteiger partial charge in [0.15, 0.2) is 0 Å². The van der Waals surface area contributed by atoms with Crippen LogP contribution in [0, 0.1) is 0 Å². The molecular formula is C26H28N4O2. The second-order valence-electron chi connectivity index (χ2n) is 8.05. The highest BCUT2D eigenvalue weighted by Gasteiger charge is 2.23. The molecule has 0 radical (unpaired) electrons. The molecule has 1 aliphatic rings. The van der Waals surface area contributed by atoms with Gasteiger partial charge in [-0.25, -0.2) is 0 Å². The Hall–Kier alpha value is -3.51. The minimum atomic E-state index is -0.575. The number of piperazine rings is 1. The van der Waals surface area contributed by atoms with Crippen molar-refractivity contribution in [1.82, 2.24) is 15.2 Å². The van der Waals surface area contributed by atoms with Gasteiger partial charge in [-0.2, -0.15) is 0 Å². The van der Waals surface area contributed by atoms with Crippen LogP contribution >= 0.6 is 0 Å². The van der Waals surface area contributed by atoms with E-state index in [2.05, 4.69) is 44.4 Å². The lowest BCUT2D eigenvalue weighted by Crippen LogP contribution is -2.47. The number of carbonyl (C=O) groups is 2. The van der Waals surface area contributed by atoms with E-state index in [1.807, 2.05) is 36.4 Å². The van der Waals surface area contributed by atoms with Gasteiger partial charge in [0.05, 0.1) is 23.5 Å². The summed E-state index contributed by atoms with van der Waals surface area (Å²) < 4.78 is 0. The second kappa shape index (κ2) is 10.7. The standard InChI is InChI=1S/C26H28N4O2/c31-20-23(17-21-7-3-1-4-8-21)28-26(32)24-11-12-27-18-25(24)30-15-13-29(14-16-30)19-22-9-5-2-6-10-22/h1-12,18,20,23H,13-17,19H2,(H,28,32). The second-order valence-corrected chi connectivity index (χ2v) is 8.05. The molecule has 2 aromatic carbocycles. The first-order valence-corrected chi connectivity index (χ1v) is 11.0. The summed E-state index contributed by atoms with van der Waals surface area (Å²) in [7, 11) is 0. The van der Waals surface area contributed by atoms with Gasteiger partial charge in [0.25, 0.3) is 5.91 Å². The molecule has 1 N–H and O–H groups in total. The largest absolute Gasteiger partial charge is 0.367 e. The van der Waals surface area contributed by atoms with E-state index in [-0.39, 0.29) is 5.91 Å². The van der Waals surface area contributed by atoms with E-state index in [0.29, 0.717) is 12.0 Å². The predicted molar refractivity (Wildman–Crippen MR) is 126 cm³/mol. The van der Waals surface area contributed by atoms with Gasteiger partial charge in [-0.1, -0.05) is 60.7 Å². The number of anilines is 1. The molecule has 32 heavy (non-hydrogen) atoms. The van der Waals surface area contributed by atoms with Crippen LogP contribution in [0.5, 0.6) is 0 Å². The number of hydrogen-bond donors (Lipinski definition) is 1. The third kappa shape index (κ3) is 5.59. The Bertz CT molecular complexity index is 1020. The van der Waals surface area contributed by atoms with Gasteiger partial charge in [-0.3, -0.25) is 14.7 Å². The number of pyridine rings is 1. The quantitative estimate of drug-likeness (QED) is 0.559. The summed E-state index contributed by atoms with van der Waals surface area (Å²) in [5, 5.41) is 2.88. The van der Waals surface area contributed by atoms with Crippen molar-refractivity contribution in [3.63, 3.8) is 0 Å². The SMILES string of the molecule is O=CC(Cc1ccccc1)NC(=O)c1ccncc1N1CCN(Cc2ccccc2)CC1. The highest BCUT2D eigenvalue weighted by molar-refractivity contribution is 6.00. The summed E-state index contributed by atoms with van der Waals surface area (Å²) in [5.41, 5.74) is 3.68. The molecule has 1 aliphatic heterocycles. The van der Waals surface area contributed by atoms with Crippen molar-refractivity contribution < 1.29 is 9.59 Å². The highest BCUT2D eigenvalue weighted by atomic mass is 16.2. The van der Waals surface area contributed by atoms with E-state index in [1.165, 1.54) is 5.56 Å². The Labute approximate surface area is 188 Å². The minimum Gasteiger partial charge on any atom is -0.367 e. The number of nitrogens with zero attached hydrogens (tertiary/aromatic N) is 3. The third-order valence-corrected chi connectivity index (χ3v) is 5.79. The highest BCUT2D eigenvalue weighted by Crippen LogP contribution is 2.21. The van der Waals surface area contributed by atoms with Crippen molar-refractivity contribution in [2.24, 2.45) is 0 Å². The Morgan fingerprint density at radius 3 is 2.25 bits per heavy atom. The van der Waals surface area contributed by atoms with Crippen LogP contribution in [-0.4, -0.2) is 54.3 Å². The van der Waals surface area contributed by atoms with E-state index in [4.69, 9.17) is 0 Å². The fourth-order valence-corrected chi connectivity index (χ4v) is 4.07. The molecule has 2 heterocycles. The van der Waals surface area contributed by atoms with Gasteiger partial charge in [0.1, 0.15) is 6.29 Å². The van der Waals surface area contributed by atoms with Crippen LogP contribution in [0.3, 0.4) is 0 Å². The molecule has 1 saturated heterocycles.